The zero-order valence-electron chi connectivity index (χ0n) is 17.2. The molecule has 0 unspecified atom stereocenters. The Labute approximate surface area is 177 Å². The van der Waals surface area contributed by atoms with Gasteiger partial charge in [0.25, 0.3) is 0 Å². The summed E-state index contributed by atoms with van der Waals surface area (Å²) in [5, 5.41) is 1.02. The number of esters is 1. The molecule has 0 bridgehead atoms. The van der Waals surface area contributed by atoms with E-state index in [1.54, 1.807) is 0 Å². The van der Waals surface area contributed by atoms with Gasteiger partial charge in [0.1, 0.15) is 19.0 Å². The highest BCUT2D eigenvalue weighted by Crippen LogP contribution is 2.26. The molecule has 0 N–H and O–H groups in total. The molecule has 0 atom stereocenters. The molecule has 4 heteroatoms. The predicted octanol–water partition coefficient (Wildman–Crippen LogP) is 6.60. The Morgan fingerprint density at radius 2 is 1.50 bits per heavy atom. The summed E-state index contributed by atoms with van der Waals surface area (Å²) >= 11 is 3.44. The molecule has 2 aromatic carbocycles. The molecular formula is C24H31BrO3. The monoisotopic (exact) mass is 446 g/mol. The largest absolute Gasteiger partial charge is 0.489 e. The lowest BCUT2D eigenvalue weighted by Crippen LogP contribution is -2.26. The lowest BCUT2D eigenvalue weighted by atomic mass is 9.87. The molecule has 0 aliphatic rings. The first-order chi connectivity index (χ1) is 13.4. The Balaban J connectivity index is 1.76. The zero-order chi connectivity index (χ0) is 20.4. The maximum Gasteiger partial charge on any atom is 0.311 e. The number of ether oxygens (including phenoxy) is 2. The second-order valence-electron chi connectivity index (χ2n) is 7.88. The van der Waals surface area contributed by atoms with Gasteiger partial charge in [0, 0.05) is 5.33 Å². The maximum atomic E-state index is 12.4. The van der Waals surface area contributed by atoms with Crippen molar-refractivity contribution in [3.8, 4) is 5.75 Å². The third kappa shape index (κ3) is 7.67. The smallest absolute Gasteiger partial charge is 0.311 e. The molecule has 2 aromatic rings. The second-order valence-corrected chi connectivity index (χ2v) is 8.67. The summed E-state index contributed by atoms with van der Waals surface area (Å²) in [6, 6.07) is 16.0. The topological polar surface area (TPSA) is 35.5 Å². The fraction of sp³-hybridized carbons (Fsp3) is 0.458. The molecule has 0 radical (unpaired) electrons. The molecule has 0 heterocycles. The first-order valence-electron chi connectivity index (χ1n) is 9.91. The van der Waals surface area contributed by atoms with E-state index >= 15 is 0 Å². The molecule has 0 amide bonds. The van der Waals surface area contributed by atoms with E-state index in [0.717, 1.165) is 47.9 Å². The van der Waals surface area contributed by atoms with Gasteiger partial charge in [-0.3, -0.25) is 4.79 Å². The van der Waals surface area contributed by atoms with Gasteiger partial charge < -0.3 is 9.47 Å². The van der Waals surface area contributed by atoms with Crippen LogP contribution in [0.15, 0.2) is 48.5 Å². The highest BCUT2D eigenvalue weighted by molar-refractivity contribution is 9.09. The average Bonchev–Trinajstić information content (AvgIpc) is 2.70. The van der Waals surface area contributed by atoms with E-state index in [1.807, 2.05) is 38.1 Å². The molecule has 0 fully saturated rings. The number of unbranched alkanes of at least 4 members (excludes halogenated alkanes) is 2. The first-order valence-corrected chi connectivity index (χ1v) is 11.0. The van der Waals surface area contributed by atoms with Crippen molar-refractivity contribution in [3.05, 3.63) is 65.2 Å². The standard InChI is InChI=1S/C24H31BrO3/c1-19-7-9-20(10-8-19)17-27-22-13-11-21(12-14-22)18-28-23(26)24(2,3)15-5-4-6-16-25/h7-14H,4-6,15-18H2,1-3H3. The normalized spacial score (nSPS) is 11.3. The molecule has 0 saturated heterocycles. The number of hydrogen-bond acceptors (Lipinski definition) is 3. The molecule has 152 valence electrons. The number of rotatable bonds is 11. The minimum Gasteiger partial charge on any atom is -0.489 e. The molecule has 3 nitrogen and oxygen atoms in total. The van der Waals surface area contributed by atoms with Crippen LogP contribution in [-0.4, -0.2) is 11.3 Å². The summed E-state index contributed by atoms with van der Waals surface area (Å²) in [4.78, 5) is 12.4. The Hall–Kier alpha value is -1.81. The molecule has 28 heavy (non-hydrogen) atoms. The van der Waals surface area contributed by atoms with Crippen LogP contribution in [0.3, 0.4) is 0 Å². The van der Waals surface area contributed by atoms with E-state index in [9.17, 15) is 4.79 Å². The second kappa shape index (κ2) is 11.3. The van der Waals surface area contributed by atoms with E-state index in [1.165, 1.54) is 5.56 Å². The van der Waals surface area contributed by atoms with Gasteiger partial charge in [-0.2, -0.15) is 0 Å². The third-order valence-corrected chi connectivity index (χ3v) is 5.37. The van der Waals surface area contributed by atoms with Crippen LogP contribution >= 0.6 is 15.9 Å². The number of halogens is 1. The van der Waals surface area contributed by atoms with Crippen LogP contribution in [0.5, 0.6) is 5.75 Å². The molecule has 0 aliphatic carbocycles. The number of carbonyl (C=O) groups is 1. The van der Waals surface area contributed by atoms with Crippen LogP contribution < -0.4 is 4.74 Å². The van der Waals surface area contributed by atoms with Crippen LogP contribution in [0.2, 0.25) is 0 Å². The van der Waals surface area contributed by atoms with Gasteiger partial charge in [0.2, 0.25) is 0 Å². The van der Waals surface area contributed by atoms with Gasteiger partial charge >= 0.3 is 5.97 Å². The number of carbonyl (C=O) groups excluding carboxylic acids is 1. The molecule has 0 aromatic heterocycles. The van der Waals surface area contributed by atoms with Crippen molar-refractivity contribution in [2.45, 2.75) is 59.7 Å². The molecule has 0 aliphatic heterocycles. The van der Waals surface area contributed by atoms with Crippen molar-refractivity contribution in [2.75, 3.05) is 5.33 Å². The van der Waals surface area contributed by atoms with Gasteiger partial charge in [-0.05, 0) is 56.9 Å². The van der Waals surface area contributed by atoms with Gasteiger partial charge in [0.15, 0.2) is 0 Å². The summed E-state index contributed by atoms with van der Waals surface area (Å²) in [5.41, 5.74) is 2.90. The summed E-state index contributed by atoms with van der Waals surface area (Å²) in [6.45, 7) is 6.83. The SMILES string of the molecule is Cc1ccc(COc2ccc(COC(=O)C(C)(C)CCCCCBr)cc2)cc1. The third-order valence-electron chi connectivity index (χ3n) is 4.81. The lowest BCUT2D eigenvalue weighted by Gasteiger charge is -2.22. The van der Waals surface area contributed by atoms with E-state index in [4.69, 9.17) is 9.47 Å². The van der Waals surface area contributed by atoms with Crippen LogP contribution in [0.25, 0.3) is 0 Å². The van der Waals surface area contributed by atoms with E-state index in [0.29, 0.717) is 13.2 Å². The van der Waals surface area contributed by atoms with Gasteiger partial charge in [-0.1, -0.05) is 70.7 Å². The maximum absolute atomic E-state index is 12.4. The highest BCUT2D eigenvalue weighted by Gasteiger charge is 2.28. The van der Waals surface area contributed by atoms with Crippen molar-refractivity contribution in [1.82, 2.24) is 0 Å². The Morgan fingerprint density at radius 1 is 0.893 bits per heavy atom. The molecule has 0 spiro atoms. The zero-order valence-corrected chi connectivity index (χ0v) is 18.8. The van der Waals surface area contributed by atoms with E-state index in [2.05, 4.69) is 47.1 Å². The van der Waals surface area contributed by atoms with Crippen LogP contribution in [0.1, 0.15) is 56.2 Å². The van der Waals surface area contributed by atoms with Crippen LogP contribution in [0.4, 0.5) is 0 Å². The van der Waals surface area contributed by atoms with Crippen LogP contribution in [-0.2, 0) is 22.7 Å². The van der Waals surface area contributed by atoms with E-state index in [-0.39, 0.29) is 5.97 Å². The van der Waals surface area contributed by atoms with Crippen molar-refractivity contribution in [2.24, 2.45) is 5.41 Å². The molecule has 2 rings (SSSR count). The number of aryl methyl sites for hydroxylation is 1. The average molecular weight is 447 g/mol. The van der Waals surface area contributed by atoms with Gasteiger partial charge in [0.05, 0.1) is 5.41 Å². The Kier molecular flexibility index (Phi) is 9.04. The Bertz CT molecular complexity index is 721. The first kappa shape index (κ1) is 22.5. The van der Waals surface area contributed by atoms with E-state index < -0.39 is 5.41 Å². The predicted molar refractivity (Wildman–Crippen MR) is 118 cm³/mol. The van der Waals surface area contributed by atoms with Gasteiger partial charge in [-0.15, -0.1) is 0 Å². The fourth-order valence-corrected chi connectivity index (χ4v) is 3.21. The molecule has 0 saturated carbocycles. The lowest BCUT2D eigenvalue weighted by molar-refractivity contribution is -0.155. The summed E-state index contributed by atoms with van der Waals surface area (Å²) in [5.74, 6) is 0.675. The van der Waals surface area contributed by atoms with Crippen molar-refractivity contribution in [3.63, 3.8) is 0 Å². The summed E-state index contributed by atoms with van der Waals surface area (Å²) in [6.07, 6.45) is 4.17. The number of alkyl halides is 1. The summed E-state index contributed by atoms with van der Waals surface area (Å²) in [7, 11) is 0. The number of hydrogen-bond donors (Lipinski definition) is 0. The minimum atomic E-state index is -0.441. The van der Waals surface area contributed by atoms with Gasteiger partial charge in [-0.25, -0.2) is 0 Å². The number of benzene rings is 2. The van der Waals surface area contributed by atoms with Crippen molar-refractivity contribution >= 4 is 21.9 Å². The molecular weight excluding hydrogens is 416 g/mol. The minimum absolute atomic E-state index is 0.133. The summed E-state index contributed by atoms with van der Waals surface area (Å²) < 4.78 is 11.4. The quantitative estimate of drug-likeness (QED) is 0.221. The Morgan fingerprint density at radius 3 is 2.14 bits per heavy atom. The highest BCUT2D eigenvalue weighted by atomic mass is 79.9. The van der Waals surface area contributed by atoms with Crippen molar-refractivity contribution in [1.29, 1.82) is 0 Å². The van der Waals surface area contributed by atoms with Crippen molar-refractivity contribution < 1.29 is 14.3 Å². The fourth-order valence-electron chi connectivity index (χ4n) is 2.82. The van der Waals surface area contributed by atoms with Crippen LogP contribution in [0, 0.1) is 12.3 Å².